The van der Waals surface area contributed by atoms with E-state index >= 15 is 0 Å². The standard InChI is InChI=1S/C10H18O2/c1-7-5-9(2,3)6-10(7,4)8(11)12/h7H,5-6H2,1-4H3,(H,11,12). The molecular formula is C10H18O2. The van der Waals surface area contributed by atoms with Gasteiger partial charge in [0.1, 0.15) is 0 Å². The Morgan fingerprint density at radius 1 is 1.42 bits per heavy atom. The largest absolute Gasteiger partial charge is 0.481 e. The van der Waals surface area contributed by atoms with E-state index in [4.69, 9.17) is 5.11 Å². The predicted molar refractivity (Wildman–Crippen MR) is 47.9 cm³/mol. The fourth-order valence-electron chi connectivity index (χ4n) is 2.58. The highest BCUT2D eigenvalue weighted by molar-refractivity contribution is 5.75. The van der Waals surface area contributed by atoms with Gasteiger partial charge in [0.25, 0.3) is 0 Å². The monoisotopic (exact) mass is 170 g/mol. The lowest BCUT2D eigenvalue weighted by molar-refractivity contribution is -0.150. The molecule has 1 aliphatic carbocycles. The van der Waals surface area contributed by atoms with Crippen LogP contribution in [0.2, 0.25) is 0 Å². The molecule has 1 saturated carbocycles. The first-order valence-electron chi connectivity index (χ1n) is 4.51. The Labute approximate surface area is 74.0 Å². The molecule has 1 rings (SSSR count). The highest BCUT2D eigenvalue weighted by atomic mass is 16.4. The van der Waals surface area contributed by atoms with Gasteiger partial charge < -0.3 is 5.11 Å². The zero-order valence-electron chi connectivity index (χ0n) is 8.35. The summed E-state index contributed by atoms with van der Waals surface area (Å²) in [6.07, 6.45) is 1.83. The summed E-state index contributed by atoms with van der Waals surface area (Å²) in [7, 11) is 0. The highest BCUT2D eigenvalue weighted by Crippen LogP contribution is 2.52. The molecule has 12 heavy (non-hydrogen) atoms. The van der Waals surface area contributed by atoms with Crippen molar-refractivity contribution in [2.45, 2.75) is 40.5 Å². The summed E-state index contributed by atoms with van der Waals surface area (Å²) in [4.78, 5) is 11.0. The van der Waals surface area contributed by atoms with Crippen LogP contribution in [0.4, 0.5) is 0 Å². The van der Waals surface area contributed by atoms with Crippen molar-refractivity contribution in [3.63, 3.8) is 0 Å². The van der Waals surface area contributed by atoms with Gasteiger partial charge in [0.2, 0.25) is 0 Å². The molecule has 2 atom stereocenters. The van der Waals surface area contributed by atoms with E-state index in [1.165, 1.54) is 0 Å². The minimum Gasteiger partial charge on any atom is -0.481 e. The topological polar surface area (TPSA) is 37.3 Å². The van der Waals surface area contributed by atoms with E-state index in [1.807, 2.05) is 13.8 Å². The van der Waals surface area contributed by atoms with Crippen molar-refractivity contribution in [3.05, 3.63) is 0 Å². The first-order valence-corrected chi connectivity index (χ1v) is 4.51. The van der Waals surface area contributed by atoms with E-state index in [1.54, 1.807) is 0 Å². The van der Waals surface area contributed by atoms with Crippen molar-refractivity contribution in [2.75, 3.05) is 0 Å². The number of hydrogen-bond donors (Lipinski definition) is 1. The Kier molecular flexibility index (Phi) is 1.97. The van der Waals surface area contributed by atoms with Crippen LogP contribution in [0.3, 0.4) is 0 Å². The molecule has 0 bridgehead atoms. The maximum atomic E-state index is 11.0. The third-order valence-corrected chi connectivity index (χ3v) is 3.28. The molecule has 2 unspecified atom stereocenters. The number of hydrogen-bond acceptors (Lipinski definition) is 1. The second kappa shape index (κ2) is 2.48. The molecule has 1 aliphatic rings. The summed E-state index contributed by atoms with van der Waals surface area (Å²) in [6.45, 7) is 8.22. The van der Waals surface area contributed by atoms with Crippen molar-refractivity contribution in [2.24, 2.45) is 16.7 Å². The van der Waals surface area contributed by atoms with Crippen LogP contribution in [0.15, 0.2) is 0 Å². The van der Waals surface area contributed by atoms with Crippen LogP contribution in [0.25, 0.3) is 0 Å². The molecule has 0 saturated heterocycles. The Morgan fingerprint density at radius 3 is 2.08 bits per heavy atom. The summed E-state index contributed by atoms with van der Waals surface area (Å²) in [6, 6.07) is 0. The molecule has 2 nitrogen and oxygen atoms in total. The van der Waals surface area contributed by atoms with Crippen LogP contribution in [0.5, 0.6) is 0 Å². The molecule has 0 aromatic heterocycles. The lowest BCUT2D eigenvalue weighted by Gasteiger charge is -2.24. The van der Waals surface area contributed by atoms with E-state index in [0.29, 0.717) is 5.92 Å². The van der Waals surface area contributed by atoms with E-state index in [9.17, 15) is 4.79 Å². The number of rotatable bonds is 1. The quantitative estimate of drug-likeness (QED) is 0.656. The van der Waals surface area contributed by atoms with Gasteiger partial charge in [-0.25, -0.2) is 0 Å². The van der Waals surface area contributed by atoms with Gasteiger partial charge in [-0.3, -0.25) is 4.79 Å². The summed E-state index contributed by atoms with van der Waals surface area (Å²) in [5.74, 6) is -0.342. The molecule has 0 aliphatic heterocycles. The fraction of sp³-hybridized carbons (Fsp3) is 0.900. The van der Waals surface area contributed by atoms with Gasteiger partial charge in [0.15, 0.2) is 0 Å². The van der Waals surface area contributed by atoms with Crippen molar-refractivity contribution in [3.8, 4) is 0 Å². The van der Waals surface area contributed by atoms with Gasteiger partial charge >= 0.3 is 5.97 Å². The second-order valence-electron chi connectivity index (χ2n) is 5.17. The first-order chi connectivity index (χ1) is 5.28. The van der Waals surface area contributed by atoms with Gasteiger partial charge in [0.05, 0.1) is 5.41 Å². The summed E-state index contributed by atoms with van der Waals surface area (Å²) < 4.78 is 0. The minimum atomic E-state index is -0.638. The third-order valence-electron chi connectivity index (χ3n) is 3.28. The molecule has 1 fully saturated rings. The number of carboxylic acids is 1. The highest BCUT2D eigenvalue weighted by Gasteiger charge is 2.50. The molecule has 0 aromatic carbocycles. The maximum Gasteiger partial charge on any atom is 0.309 e. The van der Waals surface area contributed by atoms with Gasteiger partial charge in [-0.15, -0.1) is 0 Å². The predicted octanol–water partition coefficient (Wildman–Crippen LogP) is 2.53. The van der Waals surface area contributed by atoms with Crippen LogP contribution in [0, 0.1) is 16.7 Å². The Balaban J connectivity index is 2.89. The summed E-state index contributed by atoms with van der Waals surface area (Å²) in [5, 5.41) is 9.08. The SMILES string of the molecule is CC1CC(C)(C)CC1(C)C(=O)O. The molecule has 0 spiro atoms. The Hall–Kier alpha value is -0.530. The second-order valence-corrected chi connectivity index (χ2v) is 5.17. The number of carbonyl (C=O) groups is 1. The average molecular weight is 170 g/mol. The van der Waals surface area contributed by atoms with Gasteiger partial charge in [0, 0.05) is 0 Å². The lowest BCUT2D eigenvalue weighted by atomic mass is 9.80. The minimum absolute atomic E-state index is 0.201. The molecule has 0 radical (unpaired) electrons. The van der Waals surface area contributed by atoms with Crippen molar-refractivity contribution < 1.29 is 9.90 Å². The Bertz CT molecular complexity index is 208. The van der Waals surface area contributed by atoms with E-state index < -0.39 is 11.4 Å². The van der Waals surface area contributed by atoms with Crippen LogP contribution in [-0.2, 0) is 4.79 Å². The van der Waals surface area contributed by atoms with Gasteiger partial charge in [-0.2, -0.15) is 0 Å². The Morgan fingerprint density at radius 2 is 1.92 bits per heavy atom. The average Bonchev–Trinajstić information content (AvgIpc) is 2.03. The third kappa shape index (κ3) is 1.35. The molecule has 70 valence electrons. The van der Waals surface area contributed by atoms with Crippen LogP contribution < -0.4 is 0 Å². The van der Waals surface area contributed by atoms with Crippen LogP contribution in [0.1, 0.15) is 40.5 Å². The molecule has 1 N–H and O–H groups in total. The number of carboxylic acid groups (broad SMARTS) is 1. The van der Waals surface area contributed by atoms with Gasteiger partial charge in [-0.05, 0) is 31.1 Å². The number of aliphatic carboxylic acids is 1. The van der Waals surface area contributed by atoms with Gasteiger partial charge in [-0.1, -0.05) is 20.8 Å². The molecule has 2 heteroatoms. The normalized spacial score (nSPS) is 39.8. The van der Waals surface area contributed by atoms with Crippen LogP contribution in [-0.4, -0.2) is 11.1 Å². The van der Waals surface area contributed by atoms with Crippen molar-refractivity contribution in [1.82, 2.24) is 0 Å². The summed E-state index contributed by atoms with van der Waals surface area (Å²) in [5.41, 5.74) is -0.296. The maximum absolute atomic E-state index is 11.0. The zero-order valence-corrected chi connectivity index (χ0v) is 8.35. The van der Waals surface area contributed by atoms with E-state index in [-0.39, 0.29) is 5.41 Å². The van der Waals surface area contributed by atoms with E-state index in [2.05, 4.69) is 13.8 Å². The van der Waals surface area contributed by atoms with E-state index in [0.717, 1.165) is 12.8 Å². The first kappa shape index (κ1) is 9.56. The molecular weight excluding hydrogens is 152 g/mol. The van der Waals surface area contributed by atoms with Crippen molar-refractivity contribution >= 4 is 5.97 Å². The van der Waals surface area contributed by atoms with Crippen LogP contribution >= 0.6 is 0 Å². The lowest BCUT2D eigenvalue weighted by Crippen LogP contribution is -2.30. The van der Waals surface area contributed by atoms with Crippen molar-refractivity contribution in [1.29, 1.82) is 0 Å². The zero-order chi connectivity index (χ0) is 9.57. The smallest absolute Gasteiger partial charge is 0.309 e. The summed E-state index contributed by atoms with van der Waals surface area (Å²) >= 11 is 0. The molecule has 0 amide bonds. The molecule has 0 aromatic rings. The fourth-order valence-corrected chi connectivity index (χ4v) is 2.58. The molecule has 0 heterocycles.